The van der Waals surface area contributed by atoms with Crippen LogP contribution in [0.4, 0.5) is 11.4 Å². The van der Waals surface area contributed by atoms with Crippen molar-refractivity contribution in [2.24, 2.45) is 0 Å². The van der Waals surface area contributed by atoms with Crippen LogP contribution in [0.3, 0.4) is 0 Å². The molecule has 1 N–H and O–H groups in total. The van der Waals surface area contributed by atoms with Gasteiger partial charge in [0.2, 0.25) is 0 Å². The average Bonchev–Trinajstić information content (AvgIpc) is 3.72. The number of carboxylic acid groups (broad SMARTS) is 1. The van der Waals surface area contributed by atoms with Gasteiger partial charge < -0.3 is 24.8 Å². The number of rotatable bonds is 10. The van der Waals surface area contributed by atoms with Gasteiger partial charge in [-0.05, 0) is 118 Å². The van der Waals surface area contributed by atoms with Gasteiger partial charge in [0.25, 0.3) is 5.97 Å². The summed E-state index contributed by atoms with van der Waals surface area (Å²) in [6, 6.07) is 51.1. The molecule has 0 atom stereocenters. The molecule has 3 aromatic heterocycles. The van der Waals surface area contributed by atoms with Crippen molar-refractivity contribution in [2.45, 2.75) is 86.9 Å². The summed E-state index contributed by atoms with van der Waals surface area (Å²) in [5.74, 6) is -0.432. The maximum Gasteiger partial charge on any atom is 3.00 e. The zero-order valence-corrected chi connectivity index (χ0v) is 45.2. The molecular formula is C61H59IrN4O3Si. The Morgan fingerprint density at radius 1 is 0.729 bits per heavy atom. The Kier molecular flexibility index (Phi) is 15.4. The van der Waals surface area contributed by atoms with Crippen molar-refractivity contribution in [1.29, 1.82) is 0 Å². The Labute approximate surface area is 427 Å². The zero-order chi connectivity index (χ0) is 49.3. The van der Waals surface area contributed by atoms with E-state index >= 15 is 0 Å². The van der Waals surface area contributed by atoms with Gasteiger partial charge in [-0.3, -0.25) is 9.78 Å². The van der Waals surface area contributed by atoms with Crippen LogP contribution in [0.25, 0.3) is 60.9 Å². The number of anilines is 2. The summed E-state index contributed by atoms with van der Waals surface area (Å²) in [4.78, 5) is 22.0. The second-order valence-electron chi connectivity index (χ2n) is 19.6. The van der Waals surface area contributed by atoms with E-state index in [9.17, 15) is 10.2 Å². The SMILES string of the molecule is C[Si](C)(C)c1ccc(-c2[c-]cc(C(=O)O)cc2)nc1.Cc1cc(C(C)C)c(N(C(=[N-])c2[c-]ccc3c2oc2cc(-c4ccc(-c5ccccc5)cc4)ccc23)c2cc(C)nc(C)c2C)c(C(C)C)c1.[Ir+3]. The number of fused-ring (bicyclic) bond motifs is 3. The third kappa shape index (κ3) is 10.7. The van der Waals surface area contributed by atoms with E-state index in [1.807, 2.05) is 49.2 Å². The van der Waals surface area contributed by atoms with E-state index in [0.29, 0.717) is 11.1 Å². The van der Waals surface area contributed by atoms with Crippen LogP contribution in [0.15, 0.2) is 144 Å². The first-order valence-electron chi connectivity index (χ1n) is 23.6. The first kappa shape index (κ1) is 51.1. The fourth-order valence-electron chi connectivity index (χ4n) is 8.82. The molecule has 9 rings (SSSR count). The predicted octanol–water partition coefficient (Wildman–Crippen LogP) is 15.5. The third-order valence-electron chi connectivity index (χ3n) is 12.8. The van der Waals surface area contributed by atoms with E-state index in [2.05, 4.69) is 169 Å². The van der Waals surface area contributed by atoms with E-state index in [-0.39, 0.29) is 43.3 Å². The van der Waals surface area contributed by atoms with Gasteiger partial charge in [0.1, 0.15) is 5.58 Å². The third-order valence-corrected chi connectivity index (χ3v) is 14.8. The van der Waals surface area contributed by atoms with Crippen LogP contribution in [0.1, 0.15) is 89.1 Å². The van der Waals surface area contributed by atoms with Crippen molar-refractivity contribution in [2.75, 3.05) is 4.90 Å². The number of hydrogen-bond donors (Lipinski definition) is 1. The van der Waals surface area contributed by atoms with Crippen molar-refractivity contribution in [3.05, 3.63) is 202 Å². The molecule has 9 heteroatoms. The standard InChI is InChI=1S/C46H43N3O.C15H16NO2Si.Ir/c1-27(2)40-23-29(5)24-41(28(3)4)44(40)49(42-25-30(6)48-32(8)31(42)7)46(47)39-16-12-15-38-37-22-21-36(26-43(37)50-45(38)39)35-19-17-34(18-20-35)33-13-10-9-11-14-33;1-19(2,3)13-8-9-14(16-10-13)11-4-6-12(7-5-11)15(17)18;/h9-15,17-28H,1-8H3;4,6-10H,1-3H3,(H,17,18);/q-2;-1;+3. The molecule has 0 saturated heterocycles. The predicted molar refractivity (Wildman–Crippen MR) is 289 cm³/mol. The van der Waals surface area contributed by atoms with Gasteiger partial charge in [0, 0.05) is 28.6 Å². The van der Waals surface area contributed by atoms with Crippen LogP contribution in [0.2, 0.25) is 19.6 Å². The maximum absolute atomic E-state index is 12.7. The van der Waals surface area contributed by atoms with Gasteiger partial charge in [0.05, 0.1) is 8.07 Å². The van der Waals surface area contributed by atoms with E-state index < -0.39 is 14.0 Å². The first-order chi connectivity index (χ1) is 32.9. The number of aromatic nitrogens is 2. The smallest absolute Gasteiger partial charge is 0.520 e. The number of furan rings is 1. The molecule has 70 heavy (non-hydrogen) atoms. The number of amidine groups is 1. The van der Waals surface area contributed by atoms with E-state index in [0.717, 1.165) is 67.1 Å². The maximum atomic E-state index is 12.7. The number of nitrogens with zero attached hydrogens (tertiary/aromatic N) is 4. The van der Waals surface area contributed by atoms with Crippen LogP contribution in [-0.4, -0.2) is 35.0 Å². The van der Waals surface area contributed by atoms with Gasteiger partial charge in [-0.2, -0.15) is 0 Å². The van der Waals surface area contributed by atoms with E-state index in [4.69, 9.17) is 14.5 Å². The van der Waals surface area contributed by atoms with Crippen LogP contribution in [0.5, 0.6) is 0 Å². The minimum atomic E-state index is -1.33. The quantitative estimate of drug-likeness (QED) is 0.0634. The summed E-state index contributed by atoms with van der Waals surface area (Å²) in [5.41, 5.74) is 16.6. The summed E-state index contributed by atoms with van der Waals surface area (Å²) >= 11 is 0. The molecule has 0 aliphatic carbocycles. The van der Waals surface area contributed by atoms with E-state index in [1.165, 1.54) is 39.1 Å². The zero-order valence-electron chi connectivity index (χ0n) is 41.8. The molecule has 0 unspecified atom stereocenters. The Morgan fingerprint density at radius 2 is 1.36 bits per heavy atom. The average molecular weight is 1120 g/mol. The van der Waals surface area contributed by atoms with Crippen molar-refractivity contribution >= 4 is 58.4 Å². The summed E-state index contributed by atoms with van der Waals surface area (Å²) in [5, 5.41) is 24.8. The van der Waals surface area contributed by atoms with Crippen molar-refractivity contribution in [1.82, 2.24) is 9.97 Å². The number of aryl methyl sites for hydroxylation is 3. The number of pyridine rings is 2. The molecule has 0 amide bonds. The Morgan fingerprint density at radius 3 is 1.93 bits per heavy atom. The summed E-state index contributed by atoms with van der Waals surface area (Å²) < 4.78 is 6.68. The number of aromatic carboxylic acids is 1. The second-order valence-corrected chi connectivity index (χ2v) is 24.7. The normalized spacial score (nSPS) is 11.4. The molecule has 0 aliphatic heterocycles. The van der Waals surface area contributed by atoms with Crippen LogP contribution in [-0.2, 0) is 20.1 Å². The minimum absolute atomic E-state index is 0. The molecule has 9 aromatic rings. The molecule has 0 saturated carbocycles. The van der Waals surface area contributed by atoms with Crippen LogP contribution < -0.4 is 10.1 Å². The minimum Gasteiger partial charge on any atom is -0.520 e. The second kappa shape index (κ2) is 21.1. The molecule has 0 radical (unpaired) electrons. The van der Waals surface area contributed by atoms with Crippen molar-refractivity contribution in [3.8, 4) is 33.5 Å². The summed E-state index contributed by atoms with van der Waals surface area (Å²) in [6.07, 6.45) is 1.92. The molecule has 0 fully saturated rings. The molecule has 0 spiro atoms. The van der Waals surface area contributed by atoms with E-state index in [1.54, 1.807) is 12.1 Å². The van der Waals surface area contributed by atoms with Gasteiger partial charge >= 0.3 is 20.1 Å². The van der Waals surface area contributed by atoms with Gasteiger partial charge in [-0.1, -0.05) is 149 Å². The van der Waals surface area contributed by atoms with Crippen molar-refractivity contribution in [3.63, 3.8) is 0 Å². The fourth-order valence-corrected chi connectivity index (χ4v) is 9.85. The Balaban J connectivity index is 0.000000303. The van der Waals surface area contributed by atoms with Gasteiger partial charge in [-0.25, -0.2) is 0 Å². The topological polar surface area (TPSA) is 102 Å². The van der Waals surface area contributed by atoms with Crippen molar-refractivity contribution < 1.29 is 34.4 Å². The number of carbonyl (C=O) groups is 1. The van der Waals surface area contributed by atoms with Gasteiger partial charge in [0.15, 0.2) is 0 Å². The van der Waals surface area contributed by atoms with Crippen LogP contribution >= 0.6 is 0 Å². The fraction of sp³-hybridized carbons (Fsp3) is 0.213. The van der Waals surface area contributed by atoms with Gasteiger partial charge in [-0.15, -0.1) is 59.4 Å². The van der Waals surface area contributed by atoms with Crippen LogP contribution in [0, 0.1) is 39.8 Å². The largest absolute Gasteiger partial charge is 3.00 e. The Hall–Kier alpha value is -6.77. The number of hydrogen-bond acceptors (Lipinski definition) is 4. The molecule has 0 bridgehead atoms. The molecule has 6 aromatic carbocycles. The molecule has 3 heterocycles. The first-order valence-corrected chi connectivity index (χ1v) is 27.1. The molecular weight excluding hydrogens is 1060 g/mol. The number of carboxylic acids is 1. The molecule has 354 valence electrons. The molecule has 7 nitrogen and oxygen atoms in total. The summed E-state index contributed by atoms with van der Waals surface area (Å²) in [7, 11) is -1.33. The Bertz CT molecular complexity index is 3310. The molecule has 0 aliphatic rings. The number of benzene rings is 6. The monoisotopic (exact) mass is 1120 g/mol. The summed E-state index contributed by atoms with van der Waals surface area (Å²) in [6.45, 7) is 23.9.